The summed E-state index contributed by atoms with van der Waals surface area (Å²) >= 11 is 0. The van der Waals surface area contributed by atoms with Gasteiger partial charge in [-0.1, -0.05) is 13.3 Å². The number of fused-ring (bicyclic) bond motifs is 6. The van der Waals surface area contributed by atoms with Crippen molar-refractivity contribution in [1.82, 2.24) is 4.57 Å². The molecule has 0 bridgehead atoms. The number of nitrogens with one attached hydrogen (secondary N) is 2. The van der Waals surface area contributed by atoms with E-state index < -0.39 is 12.1 Å². The van der Waals surface area contributed by atoms with Crippen LogP contribution in [0, 0.1) is 0 Å². The van der Waals surface area contributed by atoms with Crippen LogP contribution < -0.4 is 25.7 Å². The van der Waals surface area contributed by atoms with Crippen LogP contribution in [0.4, 0.5) is 11.4 Å². The highest BCUT2D eigenvalue weighted by atomic mass is 16.7. The van der Waals surface area contributed by atoms with E-state index in [1.807, 2.05) is 19.2 Å². The lowest BCUT2D eigenvalue weighted by atomic mass is 9.85. The molecule has 1 aromatic heterocycles. The van der Waals surface area contributed by atoms with Crippen LogP contribution in [0.2, 0.25) is 0 Å². The number of nitrogens with zero attached hydrogens (tertiary/aromatic N) is 1. The van der Waals surface area contributed by atoms with E-state index in [0.717, 1.165) is 53.2 Å². The Kier molecular flexibility index (Phi) is 4.84. The minimum absolute atomic E-state index is 0.0293. The number of carbonyl (C=O) groups excluding carboxylic acids is 1. The zero-order valence-electron chi connectivity index (χ0n) is 19.4. The van der Waals surface area contributed by atoms with Crippen LogP contribution in [0.3, 0.4) is 0 Å². The normalized spacial score (nSPS) is 21.3. The van der Waals surface area contributed by atoms with E-state index >= 15 is 0 Å². The molecule has 0 amide bonds. The molecule has 34 heavy (non-hydrogen) atoms. The van der Waals surface area contributed by atoms with E-state index in [4.69, 9.17) is 18.9 Å². The van der Waals surface area contributed by atoms with Crippen molar-refractivity contribution in [3.8, 4) is 11.5 Å². The molecule has 6 rings (SSSR count). The van der Waals surface area contributed by atoms with Gasteiger partial charge in [0, 0.05) is 49.3 Å². The van der Waals surface area contributed by atoms with Gasteiger partial charge in [0.2, 0.25) is 6.79 Å². The fraction of sp³-hybridized carbons (Fsp3) is 0.440. The highest BCUT2D eigenvalue weighted by molar-refractivity contribution is 5.94. The standard InChI is InChI=1S/C25H27N3O6/c1-4-5-6-12-14-9-28-17(7-13-15(24(28)29)10-32-25(30)22(13)31-3)20(14)27-16-8-18-23(34-11-33-18)21(26-2)19(12)16/h7-8,20,22,26-27H,4-6,9-11H2,1-3H3. The van der Waals surface area contributed by atoms with Crippen molar-refractivity contribution in [2.45, 2.75) is 51.5 Å². The molecule has 0 radical (unpaired) electrons. The van der Waals surface area contributed by atoms with Crippen molar-refractivity contribution < 1.29 is 23.7 Å². The average Bonchev–Trinajstić information content (AvgIpc) is 3.45. The van der Waals surface area contributed by atoms with Gasteiger partial charge in [-0.3, -0.25) is 4.79 Å². The molecule has 2 aromatic rings. The highest BCUT2D eigenvalue weighted by Crippen LogP contribution is 2.54. The number of unbranched alkanes of at least 4 members (excludes halogenated alkanes) is 1. The number of hydrogen-bond donors (Lipinski definition) is 2. The Bertz CT molecular complexity index is 1310. The molecule has 9 nitrogen and oxygen atoms in total. The number of rotatable bonds is 5. The van der Waals surface area contributed by atoms with Crippen LogP contribution in [-0.2, 0) is 27.4 Å². The van der Waals surface area contributed by atoms with E-state index in [1.165, 1.54) is 12.7 Å². The lowest BCUT2D eigenvalue weighted by Crippen LogP contribution is -2.33. The molecule has 2 unspecified atom stereocenters. The van der Waals surface area contributed by atoms with E-state index in [0.29, 0.717) is 23.4 Å². The Hall–Kier alpha value is -3.46. The molecule has 0 saturated carbocycles. The first kappa shape index (κ1) is 21.1. The number of carbonyl (C=O) groups is 1. The second-order valence-corrected chi connectivity index (χ2v) is 8.96. The number of aromatic nitrogens is 1. The smallest absolute Gasteiger partial charge is 0.340 e. The molecule has 0 fully saturated rings. The van der Waals surface area contributed by atoms with Gasteiger partial charge in [0.05, 0.1) is 17.3 Å². The summed E-state index contributed by atoms with van der Waals surface area (Å²) in [6, 6.07) is 3.73. The summed E-state index contributed by atoms with van der Waals surface area (Å²) in [5.41, 5.74) is 7.08. The van der Waals surface area contributed by atoms with Gasteiger partial charge in [-0.15, -0.1) is 0 Å². The Morgan fingerprint density at radius 2 is 2.09 bits per heavy atom. The number of methoxy groups -OCH3 is 1. The maximum atomic E-state index is 13.5. The molecule has 4 aliphatic heterocycles. The van der Waals surface area contributed by atoms with Crippen LogP contribution >= 0.6 is 0 Å². The van der Waals surface area contributed by atoms with Crippen LogP contribution in [0.15, 0.2) is 22.5 Å². The van der Waals surface area contributed by atoms with Gasteiger partial charge in [0.15, 0.2) is 17.6 Å². The Balaban J connectivity index is 1.56. The van der Waals surface area contributed by atoms with E-state index in [2.05, 4.69) is 17.6 Å². The fourth-order valence-electron chi connectivity index (χ4n) is 5.61. The number of esters is 1. The third kappa shape index (κ3) is 2.82. The second-order valence-electron chi connectivity index (χ2n) is 8.96. The molecule has 5 heterocycles. The Morgan fingerprint density at radius 3 is 2.85 bits per heavy atom. The molecule has 1 aromatic carbocycles. The maximum Gasteiger partial charge on any atom is 0.340 e. The average molecular weight is 466 g/mol. The summed E-state index contributed by atoms with van der Waals surface area (Å²) in [6.07, 6.45) is 2.07. The van der Waals surface area contributed by atoms with Crippen LogP contribution in [-0.4, -0.2) is 31.5 Å². The molecule has 9 heteroatoms. The molecular formula is C25H27N3O6. The molecule has 178 valence electrons. The van der Waals surface area contributed by atoms with Crippen LogP contribution in [0.5, 0.6) is 11.5 Å². The van der Waals surface area contributed by atoms with Crippen molar-refractivity contribution in [2.75, 3.05) is 31.6 Å². The van der Waals surface area contributed by atoms with Crippen molar-refractivity contribution in [3.63, 3.8) is 0 Å². The number of benzene rings is 1. The van der Waals surface area contributed by atoms with Gasteiger partial charge in [-0.2, -0.15) is 0 Å². The molecule has 0 saturated heterocycles. The van der Waals surface area contributed by atoms with Gasteiger partial charge in [-0.25, -0.2) is 4.79 Å². The van der Waals surface area contributed by atoms with E-state index in [1.54, 1.807) is 4.57 Å². The summed E-state index contributed by atoms with van der Waals surface area (Å²) in [6.45, 7) is 2.82. The molecule has 4 aliphatic rings. The monoisotopic (exact) mass is 465 g/mol. The molecule has 2 N–H and O–H groups in total. The third-order valence-corrected chi connectivity index (χ3v) is 7.21. The van der Waals surface area contributed by atoms with Crippen molar-refractivity contribution in [3.05, 3.63) is 50.4 Å². The van der Waals surface area contributed by atoms with Gasteiger partial charge in [-0.05, 0) is 30.1 Å². The molecule has 0 spiro atoms. The summed E-state index contributed by atoms with van der Waals surface area (Å²) in [5.74, 6) is 0.944. The minimum atomic E-state index is -0.893. The number of ether oxygens (including phenoxy) is 4. The Labute approximate surface area is 196 Å². The molecule has 0 aliphatic carbocycles. The number of allylic oxidation sites excluding steroid dienone is 1. The van der Waals surface area contributed by atoms with Gasteiger partial charge in [0.25, 0.3) is 5.56 Å². The first-order valence-corrected chi connectivity index (χ1v) is 11.7. The molecular weight excluding hydrogens is 438 g/mol. The number of hydrogen-bond acceptors (Lipinski definition) is 8. The fourth-order valence-corrected chi connectivity index (χ4v) is 5.61. The number of cyclic esters (lactones) is 1. The SMILES string of the molecule is CCCCC1=C2Cn3c(cc4c(c3=O)COC(=O)C4OC)C2Nc2cc3c(c(NC)c21)OCO3. The first-order valence-electron chi connectivity index (χ1n) is 11.7. The summed E-state index contributed by atoms with van der Waals surface area (Å²) < 4.78 is 23.9. The largest absolute Gasteiger partial charge is 0.458 e. The van der Waals surface area contributed by atoms with Gasteiger partial charge < -0.3 is 34.1 Å². The zero-order chi connectivity index (χ0) is 23.6. The van der Waals surface area contributed by atoms with E-state index in [9.17, 15) is 9.59 Å². The Morgan fingerprint density at radius 1 is 1.24 bits per heavy atom. The minimum Gasteiger partial charge on any atom is -0.458 e. The van der Waals surface area contributed by atoms with Gasteiger partial charge in [0.1, 0.15) is 6.61 Å². The summed E-state index contributed by atoms with van der Waals surface area (Å²) in [4.78, 5) is 25.8. The van der Waals surface area contributed by atoms with Crippen molar-refractivity contribution >= 4 is 22.9 Å². The zero-order valence-corrected chi connectivity index (χ0v) is 19.4. The topological polar surface area (TPSA) is 100 Å². The summed E-state index contributed by atoms with van der Waals surface area (Å²) in [5, 5.41) is 6.97. The van der Waals surface area contributed by atoms with Crippen LogP contribution in [0.1, 0.15) is 60.7 Å². The van der Waals surface area contributed by atoms with Crippen molar-refractivity contribution in [2.24, 2.45) is 0 Å². The number of pyridine rings is 1. The maximum absolute atomic E-state index is 13.5. The van der Waals surface area contributed by atoms with Gasteiger partial charge >= 0.3 is 5.97 Å². The predicted molar refractivity (Wildman–Crippen MR) is 125 cm³/mol. The second kappa shape index (κ2) is 7.80. The quantitative estimate of drug-likeness (QED) is 0.648. The highest BCUT2D eigenvalue weighted by Gasteiger charge is 2.41. The first-order chi connectivity index (χ1) is 16.6. The summed E-state index contributed by atoms with van der Waals surface area (Å²) in [7, 11) is 3.34. The predicted octanol–water partition coefficient (Wildman–Crippen LogP) is 3.49. The third-order valence-electron chi connectivity index (χ3n) is 7.21. The van der Waals surface area contributed by atoms with E-state index in [-0.39, 0.29) is 25.0 Å². The van der Waals surface area contributed by atoms with Crippen molar-refractivity contribution in [1.29, 1.82) is 0 Å². The van der Waals surface area contributed by atoms with Crippen LogP contribution in [0.25, 0.3) is 5.57 Å². The number of anilines is 2. The molecule has 2 atom stereocenters. The lowest BCUT2D eigenvalue weighted by molar-refractivity contribution is -0.159. The lowest BCUT2D eigenvalue weighted by Gasteiger charge is -2.31.